The number of halogens is 4. The Hall–Kier alpha value is -0.0761. The molecule has 2 aliphatic rings. The smallest absolute Gasteiger partial charge is 0.481 e. The number of aliphatic carboxylic acids is 1. The van der Waals surface area contributed by atoms with Gasteiger partial charge in [-0.15, -0.1) is 0 Å². The van der Waals surface area contributed by atoms with Gasteiger partial charge in [0.15, 0.2) is 1.05 Å². The van der Waals surface area contributed by atoms with Crippen LogP contribution in [0.1, 0.15) is 85.6 Å². The van der Waals surface area contributed by atoms with Crippen LogP contribution < -0.4 is 4.74 Å². The summed E-state index contributed by atoms with van der Waals surface area (Å²) in [6.07, 6.45) is 7.35. The monoisotopic (exact) mass is 939 g/mol. The molecule has 0 aromatic heterocycles. The first-order valence-electron chi connectivity index (χ1n) is 13.4. The minimum Gasteiger partial charge on any atom is -0.481 e. The largest absolute Gasteiger partial charge is 0.514 e. The van der Waals surface area contributed by atoms with E-state index in [1.807, 2.05) is 45.0 Å². The molecule has 1 saturated heterocycles. The molecule has 1 aromatic carbocycles. The van der Waals surface area contributed by atoms with Gasteiger partial charge in [0.2, 0.25) is 0 Å². The Labute approximate surface area is 316 Å². The van der Waals surface area contributed by atoms with Crippen molar-refractivity contribution in [2.75, 3.05) is 26.7 Å². The number of carboxylic acid groups (broad SMARTS) is 1. The Morgan fingerprint density at radius 3 is 2.00 bits per heavy atom. The van der Waals surface area contributed by atoms with Crippen molar-refractivity contribution < 1.29 is 66.4 Å². The summed E-state index contributed by atoms with van der Waals surface area (Å²) in [5.41, 5.74) is 0.738. The van der Waals surface area contributed by atoms with Crippen LogP contribution >= 0.6 is 63.7 Å². The van der Waals surface area contributed by atoms with Crippen molar-refractivity contribution in [2.45, 2.75) is 93.1 Å². The molecule has 0 unspecified atom stereocenters. The number of hydrogen-bond acceptors (Lipinski definition) is 8. The third-order valence-corrected chi connectivity index (χ3v) is 5.18. The summed E-state index contributed by atoms with van der Waals surface area (Å²) in [5, 5.41) is 7.91. The van der Waals surface area contributed by atoms with E-state index in [0.717, 1.165) is 20.1 Å². The fourth-order valence-corrected chi connectivity index (χ4v) is 3.47. The maximum absolute atomic E-state index is 11.5. The van der Waals surface area contributed by atoms with Crippen LogP contribution in [0.4, 0.5) is 4.79 Å². The molecule has 245 valence electrons. The summed E-state index contributed by atoms with van der Waals surface area (Å²) in [6, 6.07) is 7.61. The number of amidine groups is 1. The molecule has 9 nitrogen and oxygen atoms in total. The van der Waals surface area contributed by atoms with E-state index in [1.54, 1.807) is 0 Å². The van der Waals surface area contributed by atoms with E-state index in [1.165, 1.54) is 63.0 Å². The van der Waals surface area contributed by atoms with Crippen molar-refractivity contribution in [3.05, 3.63) is 29.8 Å². The van der Waals surface area contributed by atoms with Crippen LogP contribution in [0, 0.1) is 0 Å². The minimum atomic E-state index is -1.17. The first-order valence-corrected chi connectivity index (χ1v) is 16.5. The Morgan fingerprint density at radius 2 is 1.56 bits per heavy atom. The summed E-state index contributed by atoms with van der Waals surface area (Å²) >= 11 is 12.5. The summed E-state index contributed by atoms with van der Waals surface area (Å²) in [6.45, 7) is 11.2. The molecular weight excluding hydrogens is 897 g/mol. The molecule has 43 heavy (non-hydrogen) atoms. The van der Waals surface area contributed by atoms with Gasteiger partial charge in [0.25, 0.3) is 0 Å². The van der Waals surface area contributed by atoms with Crippen LogP contribution in [-0.2, 0) is 58.2 Å². The zero-order valence-corrected chi connectivity index (χ0v) is 34.2. The van der Waals surface area contributed by atoms with E-state index in [-0.39, 0.29) is 41.2 Å². The Bertz CT molecular complexity index is 948. The van der Waals surface area contributed by atoms with E-state index in [9.17, 15) is 14.4 Å². The number of unbranched alkanes of at least 4 members (excludes halogenated alkanes) is 2. The number of alkyl halides is 4. The van der Waals surface area contributed by atoms with Gasteiger partial charge in [-0.3, -0.25) is 14.6 Å². The van der Waals surface area contributed by atoms with Crippen molar-refractivity contribution in [1.82, 2.24) is 4.90 Å². The van der Waals surface area contributed by atoms with Crippen LogP contribution in [0.15, 0.2) is 29.3 Å². The van der Waals surface area contributed by atoms with Crippen molar-refractivity contribution in [1.29, 1.82) is 0 Å². The van der Waals surface area contributed by atoms with E-state index >= 15 is 0 Å². The molecule has 0 amide bonds. The molecule has 2 heterocycles. The number of carbonyl (C=O) groups is 3. The number of fused-ring (bicyclic) bond motifs is 1. The number of esters is 1. The summed E-state index contributed by atoms with van der Waals surface area (Å²) in [7, 11) is 1.14. The molecule has 0 spiro atoms. The second-order valence-corrected chi connectivity index (χ2v) is 21.1. The number of carbonyl (C=O) groups excluding carboxylic acids is 2. The molecule has 1 N–H and O–H groups in total. The molecular formula is C29H46Br4N2O7Y. The van der Waals surface area contributed by atoms with Gasteiger partial charge >= 0.3 is 18.1 Å². The molecule has 0 saturated carbocycles. The Kier molecular flexibility index (Phi) is 28.7. The van der Waals surface area contributed by atoms with Gasteiger partial charge in [-0.2, -0.15) is 0 Å². The van der Waals surface area contributed by atoms with Gasteiger partial charge in [-0.1, -0.05) is 39.3 Å². The topological polar surface area (TPSA) is 115 Å². The molecule has 0 atom stereocenters. The van der Waals surface area contributed by atoms with Crippen LogP contribution in [0.3, 0.4) is 0 Å². The third-order valence-electron chi connectivity index (χ3n) is 5.18. The first kappa shape index (κ1) is 47.3. The average molecular weight is 943 g/mol. The zero-order valence-electron chi connectivity index (χ0n) is 25.0. The number of methoxy groups -OCH3 is 1. The maximum atomic E-state index is 11.5. The molecule has 3 rings (SSSR count). The molecule has 0 aliphatic carbocycles. The zero-order chi connectivity index (χ0) is 31.5. The van der Waals surface area contributed by atoms with Crippen molar-refractivity contribution in [2.24, 2.45) is 4.99 Å². The molecule has 1 fully saturated rings. The maximum Gasteiger partial charge on any atom is 0.514 e. The SMILES string of the molecule is BrC(Br)(Br)Br.C.C1CN=C2CCCN2C1.CCCCCc1ccc(OC(=O)OC(C)(C)C)cc1.COC(=O)CC(=O)O.[Y]. The van der Waals surface area contributed by atoms with Gasteiger partial charge in [-0.05, 0) is 128 Å². The molecule has 14 heteroatoms. The van der Waals surface area contributed by atoms with Gasteiger partial charge in [0.05, 0.1) is 12.9 Å². The second kappa shape index (κ2) is 26.0. The van der Waals surface area contributed by atoms with Crippen molar-refractivity contribution in [3.8, 4) is 5.75 Å². The summed E-state index contributed by atoms with van der Waals surface area (Å²) in [5.74, 6) is 0.00379. The van der Waals surface area contributed by atoms with Crippen LogP contribution in [0.2, 0.25) is 0 Å². The quantitative estimate of drug-likeness (QED) is 0.0948. The molecule has 1 radical (unpaired) electrons. The van der Waals surface area contributed by atoms with Crippen LogP contribution in [0.25, 0.3) is 0 Å². The Balaban J connectivity index is -0.000000556. The van der Waals surface area contributed by atoms with E-state index < -0.39 is 30.1 Å². The summed E-state index contributed by atoms with van der Waals surface area (Å²) < 4.78 is 14.0. The molecule has 0 bridgehead atoms. The number of carboxylic acids is 1. The van der Waals surface area contributed by atoms with Crippen LogP contribution in [0.5, 0.6) is 5.75 Å². The number of benzene rings is 1. The number of rotatable bonds is 7. The predicted octanol–water partition coefficient (Wildman–Crippen LogP) is 9.06. The van der Waals surface area contributed by atoms with Gasteiger partial charge < -0.3 is 24.2 Å². The van der Waals surface area contributed by atoms with Crippen molar-refractivity contribution in [3.63, 3.8) is 0 Å². The number of aliphatic imine (C=N–C) groups is 1. The molecule has 2 aliphatic heterocycles. The normalized spacial score (nSPS) is 13.2. The van der Waals surface area contributed by atoms with E-state index in [2.05, 4.69) is 85.3 Å². The number of ether oxygens (including phenoxy) is 3. The Morgan fingerprint density at radius 1 is 1.00 bits per heavy atom. The van der Waals surface area contributed by atoms with Gasteiger partial charge in [-0.25, -0.2) is 4.79 Å². The fourth-order valence-electron chi connectivity index (χ4n) is 3.47. The van der Waals surface area contributed by atoms with Crippen molar-refractivity contribution >= 4 is 87.6 Å². The predicted molar refractivity (Wildman–Crippen MR) is 184 cm³/mol. The van der Waals surface area contributed by atoms with E-state index in [4.69, 9.17) is 14.6 Å². The van der Waals surface area contributed by atoms with Gasteiger partial charge in [0, 0.05) is 58.8 Å². The average Bonchev–Trinajstić information content (AvgIpc) is 3.32. The first-order chi connectivity index (χ1) is 19.0. The third kappa shape index (κ3) is 30.3. The second-order valence-electron chi connectivity index (χ2n) is 9.98. The molecule has 1 aromatic rings. The number of hydrogen-bond donors (Lipinski definition) is 1. The number of aryl methyl sites for hydroxylation is 1. The standard InChI is InChI=1S/C16H24O3.C7H12N2.C4H6O4.CBr4.CH4.Y/c1-5-6-7-8-13-9-11-14(12-10-13)18-15(17)19-16(2,3)4;1-3-7-8-4-2-6-9(7)5-1;1-8-4(7)2-3(5)6;2-1(3,4)5;;/h9-12H,5-8H2,1-4H3;1-6H2;2H2,1H3,(H,5,6);;1H4;. The van der Waals surface area contributed by atoms with E-state index in [0.29, 0.717) is 5.75 Å². The number of nitrogens with zero attached hydrogens (tertiary/aromatic N) is 2. The minimum absolute atomic E-state index is 0. The van der Waals surface area contributed by atoms with Crippen LogP contribution in [-0.4, -0.2) is 67.3 Å². The fraction of sp³-hybridized carbons (Fsp3) is 0.655. The summed E-state index contributed by atoms with van der Waals surface area (Å²) in [4.78, 5) is 38.0. The van der Waals surface area contributed by atoms with Gasteiger partial charge in [0.1, 0.15) is 17.8 Å².